The van der Waals surface area contributed by atoms with E-state index in [9.17, 15) is 0 Å². The molecule has 2 N–H and O–H groups in total. The van der Waals surface area contributed by atoms with Gasteiger partial charge in [0.2, 0.25) is 0 Å². The lowest BCUT2D eigenvalue weighted by Crippen LogP contribution is -2.39. The van der Waals surface area contributed by atoms with Crippen molar-refractivity contribution in [3.05, 3.63) is 54.9 Å². The van der Waals surface area contributed by atoms with E-state index in [1.165, 1.54) is 18.5 Å². The van der Waals surface area contributed by atoms with Crippen molar-refractivity contribution in [2.75, 3.05) is 24.6 Å². The standard InChI is InChI=1S/C25H27N5O/c26-19-10-12-29(13-11-19)23-3-1-2-18-6-9-24(28-25(18)23)30-16-27-21-14-20(7-8-22(21)30)31-15-17-4-5-17/h1-3,6-9,14,16-17,19H,4-5,10-13,15,26H2. The van der Waals surface area contributed by atoms with E-state index in [0.29, 0.717) is 6.04 Å². The first kappa shape index (κ1) is 18.6. The van der Waals surface area contributed by atoms with Crippen molar-refractivity contribution in [1.29, 1.82) is 0 Å². The van der Waals surface area contributed by atoms with E-state index in [1.807, 2.05) is 18.5 Å². The molecule has 6 heteroatoms. The Kier molecular flexibility index (Phi) is 4.53. The molecule has 0 bridgehead atoms. The fourth-order valence-corrected chi connectivity index (χ4v) is 4.41. The maximum Gasteiger partial charge on any atom is 0.139 e. The second-order valence-electron chi connectivity index (χ2n) is 8.86. The van der Waals surface area contributed by atoms with Gasteiger partial charge in [-0.25, -0.2) is 9.97 Å². The quantitative estimate of drug-likeness (QED) is 0.529. The first-order chi connectivity index (χ1) is 15.2. The van der Waals surface area contributed by atoms with Crippen molar-refractivity contribution in [2.45, 2.75) is 31.7 Å². The molecule has 1 aliphatic heterocycles. The Labute approximate surface area is 181 Å². The molecule has 2 aromatic heterocycles. The first-order valence-electron chi connectivity index (χ1n) is 11.3. The van der Waals surface area contributed by atoms with Crippen LogP contribution in [0.4, 0.5) is 5.69 Å². The van der Waals surface area contributed by atoms with Crippen LogP contribution in [0.1, 0.15) is 25.7 Å². The summed E-state index contributed by atoms with van der Waals surface area (Å²) in [6, 6.07) is 17.1. The lowest BCUT2D eigenvalue weighted by atomic mass is 10.0. The van der Waals surface area contributed by atoms with Gasteiger partial charge < -0.3 is 15.4 Å². The molecule has 1 saturated carbocycles. The van der Waals surface area contributed by atoms with Gasteiger partial charge in [0, 0.05) is 30.6 Å². The van der Waals surface area contributed by atoms with Crippen molar-refractivity contribution >= 4 is 27.6 Å². The molecule has 3 heterocycles. The predicted octanol–water partition coefficient (Wildman–Crippen LogP) is 4.29. The van der Waals surface area contributed by atoms with Gasteiger partial charge in [-0.15, -0.1) is 0 Å². The molecular formula is C25H27N5O. The summed E-state index contributed by atoms with van der Waals surface area (Å²) < 4.78 is 7.98. The van der Waals surface area contributed by atoms with Crippen LogP contribution < -0.4 is 15.4 Å². The SMILES string of the molecule is NC1CCN(c2cccc3ccc(-n4cnc5cc(OCC6CC6)ccc54)nc23)CC1. The minimum atomic E-state index is 0.310. The van der Waals surface area contributed by atoms with Crippen LogP contribution in [0, 0.1) is 5.92 Å². The largest absolute Gasteiger partial charge is 0.493 e. The normalized spacial score (nSPS) is 17.5. The third-order valence-corrected chi connectivity index (χ3v) is 6.51. The molecule has 0 atom stereocenters. The highest BCUT2D eigenvalue weighted by Gasteiger charge is 2.22. The zero-order valence-electron chi connectivity index (χ0n) is 17.6. The summed E-state index contributed by atoms with van der Waals surface area (Å²) in [5.74, 6) is 2.50. The highest BCUT2D eigenvalue weighted by molar-refractivity contribution is 5.92. The number of imidazole rings is 1. The number of nitrogens with zero attached hydrogens (tertiary/aromatic N) is 4. The summed E-state index contributed by atoms with van der Waals surface area (Å²) in [5, 5.41) is 1.15. The van der Waals surface area contributed by atoms with E-state index in [1.54, 1.807) is 0 Å². The van der Waals surface area contributed by atoms with Gasteiger partial charge in [-0.05, 0) is 61.9 Å². The predicted molar refractivity (Wildman–Crippen MR) is 124 cm³/mol. The van der Waals surface area contributed by atoms with Gasteiger partial charge in [0.15, 0.2) is 0 Å². The Bertz CT molecular complexity index is 1240. The van der Waals surface area contributed by atoms with Crippen LogP contribution in [0.3, 0.4) is 0 Å². The fraction of sp³-hybridized carbons (Fsp3) is 0.360. The number of pyridine rings is 1. The summed E-state index contributed by atoms with van der Waals surface area (Å²) in [5.41, 5.74) is 10.3. The van der Waals surface area contributed by atoms with Gasteiger partial charge in [0.25, 0.3) is 0 Å². The fourth-order valence-electron chi connectivity index (χ4n) is 4.41. The van der Waals surface area contributed by atoms with E-state index in [-0.39, 0.29) is 0 Å². The zero-order chi connectivity index (χ0) is 20.8. The van der Waals surface area contributed by atoms with Gasteiger partial charge in [-0.3, -0.25) is 4.57 Å². The van der Waals surface area contributed by atoms with E-state index in [0.717, 1.165) is 72.0 Å². The number of piperidine rings is 1. The summed E-state index contributed by atoms with van der Waals surface area (Å²) in [6.07, 6.45) is 6.47. The van der Waals surface area contributed by atoms with Gasteiger partial charge in [0.1, 0.15) is 17.9 Å². The molecule has 2 aromatic carbocycles. The molecule has 6 rings (SSSR count). The first-order valence-corrected chi connectivity index (χ1v) is 11.3. The molecule has 0 spiro atoms. The van der Waals surface area contributed by atoms with Gasteiger partial charge in [-0.2, -0.15) is 0 Å². The van der Waals surface area contributed by atoms with Crippen molar-refractivity contribution in [3.63, 3.8) is 0 Å². The molecule has 158 valence electrons. The van der Waals surface area contributed by atoms with Crippen LogP contribution in [0.2, 0.25) is 0 Å². The Hall–Kier alpha value is -3.12. The van der Waals surface area contributed by atoms with Crippen LogP contribution in [-0.4, -0.2) is 40.3 Å². The van der Waals surface area contributed by atoms with Crippen molar-refractivity contribution in [3.8, 4) is 11.6 Å². The maximum atomic E-state index is 6.11. The number of fused-ring (bicyclic) bond motifs is 2. The van der Waals surface area contributed by atoms with Gasteiger partial charge >= 0.3 is 0 Å². The van der Waals surface area contributed by atoms with E-state index >= 15 is 0 Å². The van der Waals surface area contributed by atoms with Crippen molar-refractivity contribution in [2.24, 2.45) is 11.7 Å². The number of rotatable bonds is 5. The topological polar surface area (TPSA) is 69.2 Å². The second kappa shape index (κ2) is 7.54. The highest BCUT2D eigenvalue weighted by atomic mass is 16.5. The summed E-state index contributed by atoms with van der Waals surface area (Å²) in [7, 11) is 0. The third-order valence-electron chi connectivity index (χ3n) is 6.51. The zero-order valence-corrected chi connectivity index (χ0v) is 17.6. The minimum absolute atomic E-state index is 0.310. The average molecular weight is 414 g/mol. The number of hydrogen-bond donors (Lipinski definition) is 1. The van der Waals surface area contributed by atoms with E-state index in [4.69, 9.17) is 15.5 Å². The molecule has 31 heavy (non-hydrogen) atoms. The number of aromatic nitrogens is 3. The summed E-state index contributed by atoms with van der Waals surface area (Å²) >= 11 is 0. The molecule has 1 saturated heterocycles. The highest BCUT2D eigenvalue weighted by Crippen LogP contribution is 2.31. The number of benzene rings is 2. The molecule has 2 aliphatic rings. The lowest BCUT2D eigenvalue weighted by Gasteiger charge is -2.32. The number of nitrogens with two attached hydrogens (primary N) is 1. The van der Waals surface area contributed by atoms with Gasteiger partial charge in [0.05, 0.1) is 28.8 Å². The number of ether oxygens (including phenoxy) is 1. The van der Waals surface area contributed by atoms with E-state index in [2.05, 4.69) is 50.8 Å². The minimum Gasteiger partial charge on any atom is -0.493 e. The van der Waals surface area contributed by atoms with Crippen LogP contribution in [0.5, 0.6) is 5.75 Å². The molecule has 1 aliphatic carbocycles. The van der Waals surface area contributed by atoms with Crippen LogP contribution in [0.15, 0.2) is 54.9 Å². The Balaban J connectivity index is 1.36. The monoisotopic (exact) mass is 413 g/mol. The number of hydrogen-bond acceptors (Lipinski definition) is 5. The van der Waals surface area contributed by atoms with E-state index < -0.39 is 0 Å². The lowest BCUT2D eigenvalue weighted by molar-refractivity contribution is 0.300. The maximum absolute atomic E-state index is 6.11. The molecule has 0 radical (unpaired) electrons. The number of anilines is 1. The molecular weight excluding hydrogens is 386 g/mol. The van der Waals surface area contributed by atoms with Crippen molar-refractivity contribution < 1.29 is 4.74 Å². The Morgan fingerprint density at radius 2 is 1.87 bits per heavy atom. The van der Waals surface area contributed by atoms with Crippen LogP contribution in [0.25, 0.3) is 27.8 Å². The average Bonchev–Trinajstić information content (AvgIpc) is 3.55. The van der Waals surface area contributed by atoms with Crippen LogP contribution in [-0.2, 0) is 0 Å². The molecule has 4 aromatic rings. The summed E-state index contributed by atoms with van der Waals surface area (Å²) in [6.45, 7) is 2.76. The third kappa shape index (κ3) is 3.61. The summed E-state index contributed by atoms with van der Waals surface area (Å²) in [4.78, 5) is 12.1. The molecule has 6 nitrogen and oxygen atoms in total. The van der Waals surface area contributed by atoms with Gasteiger partial charge in [-0.1, -0.05) is 12.1 Å². The smallest absolute Gasteiger partial charge is 0.139 e. The van der Waals surface area contributed by atoms with Crippen LogP contribution >= 0.6 is 0 Å². The van der Waals surface area contributed by atoms with Crippen molar-refractivity contribution in [1.82, 2.24) is 14.5 Å². The Morgan fingerprint density at radius 3 is 2.71 bits per heavy atom. The molecule has 2 fully saturated rings. The second-order valence-corrected chi connectivity index (χ2v) is 8.86. The molecule has 0 amide bonds. The molecule has 0 unspecified atom stereocenters. The number of para-hydroxylation sites is 1. The Morgan fingerprint density at radius 1 is 1.00 bits per heavy atom.